The first-order chi connectivity index (χ1) is 12.2. The maximum absolute atomic E-state index is 12.3. The molecular formula is C20H16BrNO3. The Morgan fingerprint density at radius 1 is 1.04 bits per heavy atom. The SMILES string of the molecule is O=CC1=CN(C(=O)Oc2ccccc2)C=C(Br)[C@H]1Cc1ccccc1. The van der Waals surface area contributed by atoms with E-state index in [0.717, 1.165) is 16.3 Å². The molecule has 1 aliphatic rings. The van der Waals surface area contributed by atoms with Gasteiger partial charge in [0.1, 0.15) is 12.0 Å². The average Bonchev–Trinajstić information content (AvgIpc) is 2.64. The van der Waals surface area contributed by atoms with Crippen molar-refractivity contribution < 1.29 is 14.3 Å². The quantitative estimate of drug-likeness (QED) is 0.703. The summed E-state index contributed by atoms with van der Waals surface area (Å²) < 4.78 is 6.07. The van der Waals surface area contributed by atoms with Gasteiger partial charge in [0, 0.05) is 28.4 Å². The fraction of sp³-hybridized carbons (Fsp3) is 0.100. The molecule has 0 unspecified atom stereocenters. The van der Waals surface area contributed by atoms with Crippen molar-refractivity contribution in [2.75, 3.05) is 0 Å². The van der Waals surface area contributed by atoms with Crippen molar-refractivity contribution in [2.45, 2.75) is 6.42 Å². The Labute approximate surface area is 154 Å². The van der Waals surface area contributed by atoms with Crippen molar-refractivity contribution in [3.63, 3.8) is 0 Å². The van der Waals surface area contributed by atoms with Crippen LogP contribution in [0.5, 0.6) is 5.75 Å². The van der Waals surface area contributed by atoms with Crippen LogP contribution in [0.25, 0.3) is 0 Å². The van der Waals surface area contributed by atoms with Gasteiger partial charge in [-0.05, 0) is 24.1 Å². The highest BCUT2D eigenvalue weighted by Gasteiger charge is 2.26. The van der Waals surface area contributed by atoms with E-state index < -0.39 is 6.09 Å². The first kappa shape index (κ1) is 17.2. The Morgan fingerprint density at radius 2 is 1.68 bits per heavy atom. The number of rotatable bonds is 4. The Balaban J connectivity index is 1.77. The third-order valence-corrected chi connectivity index (χ3v) is 4.62. The fourth-order valence-corrected chi connectivity index (χ4v) is 3.24. The smallest absolute Gasteiger partial charge is 0.410 e. The maximum Gasteiger partial charge on any atom is 0.423 e. The second-order valence-electron chi connectivity index (χ2n) is 5.59. The number of benzene rings is 2. The lowest BCUT2D eigenvalue weighted by atomic mass is 9.91. The van der Waals surface area contributed by atoms with E-state index in [2.05, 4.69) is 15.9 Å². The number of hydrogen-bond acceptors (Lipinski definition) is 3. The second-order valence-corrected chi connectivity index (χ2v) is 6.51. The molecule has 2 aromatic rings. The van der Waals surface area contributed by atoms with Crippen molar-refractivity contribution in [3.05, 3.63) is 88.7 Å². The van der Waals surface area contributed by atoms with Gasteiger partial charge in [-0.3, -0.25) is 9.69 Å². The van der Waals surface area contributed by atoms with Gasteiger partial charge < -0.3 is 4.74 Å². The number of halogens is 1. The molecule has 1 atom stereocenters. The van der Waals surface area contributed by atoms with Crippen LogP contribution < -0.4 is 4.74 Å². The minimum absolute atomic E-state index is 0.124. The van der Waals surface area contributed by atoms with Crippen LogP contribution in [0.4, 0.5) is 4.79 Å². The summed E-state index contributed by atoms with van der Waals surface area (Å²) in [5, 5.41) is 0. The van der Waals surface area contributed by atoms with Crippen LogP contribution in [-0.4, -0.2) is 17.3 Å². The van der Waals surface area contributed by atoms with E-state index in [1.807, 2.05) is 36.4 Å². The normalized spacial score (nSPS) is 16.7. The monoisotopic (exact) mass is 397 g/mol. The van der Waals surface area contributed by atoms with Crippen LogP contribution in [0.1, 0.15) is 5.56 Å². The van der Waals surface area contributed by atoms with Gasteiger partial charge in [0.05, 0.1) is 0 Å². The number of ether oxygens (including phenoxy) is 1. The number of aldehydes is 1. The van der Waals surface area contributed by atoms with E-state index in [1.54, 1.807) is 30.5 Å². The van der Waals surface area contributed by atoms with Crippen molar-refractivity contribution >= 4 is 28.3 Å². The summed E-state index contributed by atoms with van der Waals surface area (Å²) in [6.07, 6.45) is 4.05. The van der Waals surface area contributed by atoms with Crippen molar-refractivity contribution in [1.82, 2.24) is 4.90 Å². The molecule has 0 saturated heterocycles. The fourth-order valence-electron chi connectivity index (χ4n) is 2.60. The highest BCUT2D eigenvalue weighted by molar-refractivity contribution is 9.11. The topological polar surface area (TPSA) is 46.6 Å². The Kier molecular flexibility index (Phi) is 5.46. The Morgan fingerprint density at radius 3 is 2.32 bits per heavy atom. The maximum atomic E-state index is 12.3. The van der Waals surface area contributed by atoms with Crippen molar-refractivity contribution in [1.29, 1.82) is 0 Å². The van der Waals surface area contributed by atoms with E-state index >= 15 is 0 Å². The van der Waals surface area contributed by atoms with E-state index in [0.29, 0.717) is 17.7 Å². The molecule has 1 aliphatic heterocycles. The molecule has 5 heteroatoms. The predicted molar refractivity (Wildman–Crippen MR) is 99.1 cm³/mol. The van der Waals surface area contributed by atoms with Gasteiger partial charge in [-0.2, -0.15) is 0 Å². The summed E-state index contributed by atoms with van der Waals surface area (Å²) >= 11 is 3.50. The van der Waals surface area contributed by atoms with Gasteiger partial charge in [-0.25, -0.2) is 4.79 Å². The molecule has 0 fully saturated rings. The second kappa shape index (κ2) is 7.94. The molecule has 0 aliphatic carbocycles. The molecule has 2 aromatic carbocycles. The molecule has 0 bridgehead atoms. The number of carbonyl (C=O) groups is 2. The lowest BCUT2D eigenvalue weighted by molar-refractivity contribution is -0.105. The van der Waals surface area contributed by atoms with Gasteiger partial charge in [0.15, 0.2) is 0 Å². The number of carbonyl (C=O) groups excluding carboxylic acids is 2. The Hall–Kier alpha value is -2.66. The zero-order chi connectivity index (χ0) is 17.6. The van der Waals surface area contributed by atoms with Crippen molar-refractivity contribution in [2.24, 2.45) is 5.92 Å². The molecule has 3 rings (SSSR count). The largest absolute Gasteiger partial charge is 0.423 e. The molecule has 25 heavy (non-hydrogen) atoms. The van der Waals surface area contributed by atoms with Gasteiger partial charge >= 0.3 is 6.09 Å². The summed E-state index contributed by atoms with van der Waals surface area (Å²) in [5.41, 5.74) is 1.63. The lowest BCUT2D eigenvalue weighted by Gasteiger charge is -2.26. The number of nitrogens with zero attached hydrogens (tertiary/aromatic N) is 1. The molecule has 1 amide bonds. The van der Waals surface area contributed by atoms with E-state index in [9.17, 15) is 9.59 Å². The van der Waals surface area contributed by atoms with E-state index in [-0.39, 0.29) is 5.92 Å². The first-order valence-electron chi connectivity index (χ1n) is 7.80. The molecular weight excluding hydrogens is 382 g/mol. The van der Waals surface area contributed by atoms with Crippen LogP contribution in [0, 0.1) is 5.92 Å². The summed E-state index contributed by atoms with van der Waals surface area (Å²) in [5.74, 6) is 0.324. The zero-order valence-corrected chi connectivity index (χ0v) is 14.9. The number of amides is 1. The number of hydrogen-bond donors (Lipinski definition) is 0. The zero-order valence-electron chi connectivity index (χ0n) is 13.3. The van der Waals surface area contributed by atoms with Crippen LogP contribution >= 0.6 is 15.9 Å². The first-order valence-corrected chi connectivity index (χ1v) is 8.60. The minimum Gasteiger partial charge on any atom is -0.410 e. The molecule has 126 valence electrons. The van der Waals surface area contributed by atoms with Crippen molar-refractivity contribution in [3.8, 4) is 5.75 Å². The van der Waals surface area contributed by atoms with Crippen LogP contribution in [-0.2, 0) is 11.2 Å². The van der Waals surface area contributed by atoms with Crippen LogP contribution in [0.15, 0.2) is 83.1 Å². The molecule has 0 saturated carbocycles. The molecule has 0 radical (unpaired) electrons. The van der Waals surface area contributed by atoms with Gasteiger partial charge in [0.2, 0.25) is 0 Å². The summed E-state index contributed by atoms with van der Waals surface area (Å²) in [7, 11) is 0. The molecule has 0 spiro atoms. The predicted octanol–water partition coefficient (Wildman–Crippen LogP) is 4.68. The van der Waals surface area contributed by atoms with Gasteiger partial charge in [0.25, 0.3) is 0 Å². The molecule has 1 heterocycles. The summed E-state index contributed by atoms with van der Waals surface area (Å²) in [4.78, 5) is 25.1. The van der Waals surface area contributed by atoms with E-state index in [1.165, 1.54) is 11.1 Å². The number of allylic oxidation sites excluding steroid dienone is 2. The summed E-state index contributed by atoms with van der Waals surface area (Å²) in [6, 6.07) is 18.7. The van der Waals surface area contributed by atoms with E-state index in [4.69, 9.17) is 4.74 Å². The molecule has 0 N–H and O–H groups in total. The molecule has 4 nitrogen and oxygen atoms in total. The highest BCUT2D eigenvalue weighted by atomic mass is 79.9. The van der Waals surface area contributed by atoms with Crippen LogP contribution in [0.2, 0.25) is 0 Å². The van der Waals surface area contributed by atoms with Gasteiger partial charge in [-0.15, -0.1) is 0 Å². The molecule has 0 aromatic heterocycles. The average molecular weight is 398 g/mol. The summed E-state index contributed by atoms with van der Waals surface area (Å²) in [6.45, 7) is 0. The van der Waals surface area contributed by atoms with Crippen LogP contribution in [0.3, 0.4) is 0 Å². The Bertz CT molecular complexity index is 815. The lowest BCUT2D eigenvalue weighted by Crippen LogP contribution is -2.29. The third kappa shape index (κ3) is 4.25. The minimum atomic E-state index is -0.569. The third-order valence-electron chi connectivity index (χ3n) is 3.86. The standard InChI is InChI=1S/C20H16BrNO3/c21-19-13-22(20(24)25-17-9-5-2-6-10-17)12-16(14-23)18(19)11-15-7-3-1-4-8-15/h1-10,12-14,18H,11H2/t18-/m0/s1. The van der Waals surface area contributed by atoms with Gasteiger partial charge in [-0.1, -0.05) is 64.5 Å². The highest BCUT2D eigenvalue weighted by Crippen LogP contribution is 2.32. The number of para-hydroxylation sites is 1.